The molecule has 2 rings (SSSR count). The number of ether oxygens (including phenoxy) is 2. The Hall–Kier alpha value is -2.00. The van der Waals surface area contributed by atoms with Crippen molar-refractivity contribution in [2.75, 3.05) is 20.8 Å². The summed E-state index contributed by atoms with van der Waals surface area (Å²) in [5.41, 5.74) is 2.60. The average Bonchev–Trinajstić information content (AvgIpc) is 2.62. The molecule has 2 aromatic rings. The zero-order valence-electron chi connectivity index (χ0n) is 15.0. The lowest BCUT2D eigenvalue weighted by atomic mass is 10.0. The number of hydrogen-bond donors (Lipinski definition) is 1. The minimum Gasteiger partial charge on any atom is -0.497 e. The lowest BCUT2D eigenvalue weighted by Crippen LogP contribution is -2.29. The Kier molecular flexibility index (Phi) is 7.63. The maximum atomic E-state index is 5.45. The van der Waals surface area contributed by atoms with Crippen molar-refractivity contribution in [3.63, 3.8) is 0 Å². The van der Waals surface area contributed by atoms with Crippen molar-refractivity contribution in [3.8, 4) is 11.5 Å². The van der Waals surface area contributed by atoms with E-state index in [2.05, 4.69) is 48.6 Å². The number of unbranched alkanes of at least 4 members (excludes halogenated alkanes) is 1. The van der Waals surface area contributed by atoms with Crippen LogP contribution < -0.4 is 14.8 Å². The van der Waals surface area contributed by atoms with Gasteiger partial charge in [-0.3, -0.25) is 0 Å². The van der Waals surface area contributed by atoms with Gasteiger partial charge >= 0.3 is 0 Å². The first kappa shape index (κ1) is 18.3. The second kappa shape index (κ2) is 9.99. The van der Waals surface area contributed by atoms with Crippen LogP contribution in [0, 0.1) is 0 Å². The third kappa shape index (κ3) is 5.89. The summed E-state index contributed by atoms with van der Waals surface area (Å²) in [5.74, 6) is 1.80. The Labute approximate surface area is 146 Å². The largest absolute Gasteiger partial charge is 0.497 e. The average molecular weight is 327 g/mol. The van der Waals surface area contributed by atoms with E-state index in [1.165, 1.54) is 24.0 Å². The van der Waals surface area contributed by atoms with Crippen LogP contribution in [0.2, 0.25) is 0 Å². The molecule has 1 N–H and O–H groups in total. The van der Waals surface area contributed by atoms with Crippen LogP contribution in [0.25, 0.3) is 0 Å². The summed E-state index contributed by atoms with van der Waals surface area (Å²) < 4.78 is 10.8. The summed E-state index contributed by atoms with van der Waals surface area (Å²) in [7, 11) is 3.41. The summed E-state index contributed by atoms with van der Waals surface area (Å²) in [6.07, 6.45) is 4.49. The van der Waals surface area contributed by atoms with Crippen molar-refractivity contribution in [2.45, 2.75) is 38.6 Å². The summed E-state index contributed by atoms with van der Waals surface area (Å²) in [6.45, 7) is 3.26. The molecular weight excluding hydrogens is 298 g/mol. The highest BCUT2D eigenvalue weighted by atomic mass is 16.5. The van der Waals surface area contributed by atoms with Crippen LogP contribution >= 0.6 is 0 Å². The first-order valence-corrected chi connectivity index (χ1v) is 8.71. The number of aryl methyl sites for hydroxylation is 1. The van der Waals surface area contributed by atoms with Crippen LogP contribution in [0.15, 0.2) is 48.5 Å². The number of methoxy groups -OCH3 is 2. The maximum Gasteiger partial charge on any atom is 0.122 e. The second-order valence-corrected chi connectivity index (χ2v) is 6.18. The fourth-order valence-corrected chi connectivity index (χ4v) is 2.89. The molecule has 130 valence electrons. The Bertz CT molecular complexity index is 598. The highest BCUT2D eigenvalue weighted by molar-refractivity contribution is 5.40. The van der Waals surface area contributed by atoms with Crippen molar-refractivity contribution in [3.05, 3.63) is 59.7 Å². The van der Waals surface area contributed by atoms with Crippen LogP contribution in [0.4, 0.5) is 0 Å². The molecule has 1 atom stereocenters. The summed E-state index contributed by atoms with van der Waals surface area (Å²) in [6, 6.07) is 17.1. The maximum absolute atomic E-state index is 5.45. The third-order valence-electron chi connectivity index (χ3n) is 4.24. The minimum atomic E-state index is 0.405. The van der Waals surface area contributed by atoms with E-state index >= 15 is 0 Å². The predicted molar refractivity (Wildman–Crippen MR) is 100 cm³/mol. The van der Waals surface area contributed by atoms with E-state index in [1.807, 2.05) is 12.1 Å². The SMILES string of the molecule is COc1ccc(OC)c(CC(C)NCCCCc2ccccc2)c1. The molecule has 0 spiro atoms. The highest BCUT2D eigenvalue weighted by Crippen LogP contribution is 2.25. The molecule has 0 bridgehead atoms. The summed E-state index contributed by atoms with van der Waals surface area (Å²) >= 11 is 0. The van der Waals surface area contributed by atoms with Gasteiger partial charge in [0.25, 0.3) is 0 Å². The van der Waals surface area contributed by atoms with Gasteiger partial charge in [-0.1, -0.05) is 30.3 Å². The van der Waals surface area contributed by atoms with E-state index in [-0.39, 0.29) is 0 Å². The molecule has 0 aliphatic carbocycles. The van der Waals surface area contributed by atoms with E-state index in [1.54, 1.807) is 14.2 Å². The smallest absolute Gasteiger partial charge is 0.122 e. The number of benzene rings is 2. The highest BCUT2D eigenvalue weighted by Gasteiger charge is 2.09. The monoisotopic (exact) mass is 327 g/mol. The lowest BCUT2D eigenvalue weighted by Gasteiger charge is -2.16. The van der Waals surface area contributed by atoms with Crippen LogP contribution in [-0.2, 0) is 12.8 Å². The summed E-state index contributed by atoms with van der Waals surface area (Å²) in [4.78, 5) is 0. The van der Waals surface area contributed by atoms with Gasteiger partial charge in [-0.2, -0.15) is 0 Å². The van der Waals surface area contributed by atoms with Gasteiger partial charge in [0.1, 0.15) is 11.5 Å². The van der Waals surface area contributed by atoms with Gasteiger partial charge in [-0.25, -0.2) is 0 Å². The molecule has 0 saturated heterocycles. The molecule has 24 heavy (non-hydrogen) atoms. The van der Waals surface area contributed by atoms with E-state index < -0.39 is 0 Å². The molecule has 0 saturated carbocycles. The lowest BCUT2D eigenvalue weighted by molar-refractivity contribution is 0.395. The van der Waals surface area contributed by atoms with Crippen molar-refractivity contribution in [2.24, 2.45) is 0 Å². The van der Waals surface area contributed by atoms with Gasteiger partial charge in [0.15, 0.2) is 0 Å². The molecule has 0 heterocycles. The van der Waals surface area contributed by atoms with Crippen molar-refractivity contribution in [1.82, 2.24) is 5.32 Å². The predicted octanol–water partition coefficient (Wildman–Crippen LogP) is 4.25. The van der Waals surface area contributed by atoms with Crippen molar-refractivity contribution >= 4 is 0 Å². The van der Waals surface area contributed by atoms with E-state index in [0.29, 0.717) is 6.04 Å². The van der Waals surface area contributed by atoms with Crippen molar-refractivity contribution in [1.29, 1.82) is 0 Å². The number of hydrogen-bond acceptors (Lipinski definition) is 3. The fourth-order valence-electron chi connectivity index (χ4n) is 2.89. The van der Waals surface area contributed by atoms with Crippen LogP contribution in [0.3, 0.4) is 0 Å². The normalized spacial score (nSPS) is 12.0. The minimum absolute atomic E-state index is 0.405. The first-order chi connectivity index (χ1) is 11.7. The van der Waals surface area contributed by atoms with Crippen LogP contribution in [0.5, 0.6) is 11.5 Å². The zero-order valence-corrected chi connectivity index (χ0v) is 15.0. The number of rotatable bonds is 10. The zero-order chi connectivity index (χ0) is 17.2. The van der Waals surface area contributed by atoms with Crippen LogP contribution in [-0.4, -0.2) is 26.8 Å². The molecule has 1 unspecified atom stereocenters. The summed E-state index contributed by atoms with van der Waals surface area (Å²) in [5, 5.41) is 3.61. The topological polar surface area (TPSA) is 30.5 Å². The number of nitrogens with one attached hydrogen (secondary N) is 1. The molecule has 2 aromatic carbocycles. The van der Waals surface area contributed by atoms with Gasteiger partial charge in [0.2, 0.25) is 0 Å². The molecule has 0 radical (unpaired) electrons. The Morgan fingerprint density at radius 1 is 0.958 bits per heavy atom. The van der Waals surface area contributed by atoms with E-state index in [4.69, 9.17) is 9.47 Å². The van der Waals surface area contributed by atoms with Gasteiger partial charge in [0.05, 0.1) is 14.2 Å². The van der Waals surface area contributed by atoms with E-state index in [9.17, 15) is 0 Å². The van der Waals surface area contributed by atoms with Gasteiger partial charge in [-0.05, 0) is 68.5 Å². The molecule has 3 nitrogen and oxygen atoms in total. The fraction of sp³-hybridized carbons (Fsp3) is 0.429. The van der Waals surface area contributed by atoms with Crippen molar-refractivity contribution < 1.29 is 9.47 Å². The van der Waals surface area contributed by atoms with Gasteiger partial charge in [0, 0.05) is 6.04 Å². The Balaban J connectivity index is 1.72. The standard InChI is InChI=1S/C21H29NO2/c1-17(15-19-16-20(23-2)12-13-21(19)24-3)22-14-8-7-11-18-9-5-4-6-10-18/h4-6,9-10,12-13,16-17,22H,7-8,11,14-15H2,1-3H3. The Morgan fingerprint density at radius 3 is 2.46 bits per heavy atom. The third-order valence-corrected chi connectivity index (χ3v) is 4.24. The molecule has 0 aliphatic heterocycles. The second-order valence-electron chi connectivity index (χ2n) is 6.18. The molecule has 0 amide bonds. The van der Waals surface area contributed by atoms with Gasteiger partial charge < -0.3 is 14.8 Å². The van der Waals surface area contributed by atoms with E-state index in [0.717, 1.165) is 30.9 Å². The van der Waals surface area contributed by atoms with Gasteiger partial charge in [-0.15, -0.1) is 0 Å². The molecule has 0 fully saturated rings. The molecule has 3 heteroatoms. The molecule has 0 aliphatic rings. The quantitative estimate of drug-likeness (QED) is 0.662. The molecular formula is C21H29NO2. The first-order valence-electron chi connectivity index (χ1n) is 8.71. The van der Waals surface area contributed by atoms with Crippen LogP contribution in [0.1, 0.15) is 30.9 Å². The molecule has 0 aromatic heterocycles. The Morgan fingerprint density at radius 2 is 1.75 bits per heavy atom.